The number of para-hydroxylation sites is 1. The van der Waals surface area contributed by atoms with Crippen molar-refractivity contribution in [2.45, 2.75) is 124 Å². The summed E-state index contributed by atoms with van der Waals surface area (Å²) in [6, 6.07) is 21.2. The second-order valence-electron chi connectivity index (χ2n) is 18.1. The van der Waals surface area contributed by atoms with Crippen LogP contribution in [0.25, 0.3) is 72.7 Å². The number of phenols is 1. The molecule has 5 heteroatoms. The number of nitrogens with zero attached hydrogens (tertiary/aromatic N) is 3. The predicted octanol–water partition coefficient (Wildman–Crippen LogP) is 16.6. The molecule has 0 aliphatic heterocycles. The Balaban J connectivity index is 0.0000130. The molecule has 0 aliphatic carbocycles. The zero-order chi connectivity index (χ0) is 72.1. The van der Waals surface area contributed by atoms with E-state index in [4.69, 9.17) is 43.4 Å². The van der Waals surface area contributed by atoms with E-state index in [1.54, 1.807) is 39.0 Å². The van der Waals surface area contributed by atoms with E-state index < -0.39 is 146 Å². The molecule has 2 heterocycles. The molecule has 0 spiro atoms. The van der Waals surface area contributed by atoms with E-state index in [0.29, 0.717) is 17.2 Å². The van der Waals surface area contributed by atoms with Gasteiger partial charge in [0.1, 0.15) is 11.6 Å². The average Bonchev–Trinajstić information content (AvgIpc) is 0.874. The molecule has 0 unspecified atom stereocenters. The molecule has 0 atom stereocenters. The Morgan fingerprint density at radius 1 is 0.636 bits per heavy atom. The monoisotopic (exact) mass is 1080 g/mol. The summed E-state index contributed by atoms with van der Waals surface area (Å²) in [6.07, 6.45) is 1.37. The van der Waals surface area contributed by atoms with Gasteiger partial charge in [-0.1, -0.05) is 192 Å². The van der Waals surface area contributed by atoms with Gasteiger partial charge in [-0.05, 0) is 91.3 Å². The van der Waals surface area contributed by atoms with Crippen molar-refractivity contribution >= 4 is 11.0 Å². The van der Waals surface area contributed by atoms with Crippen molar-refractivity contribution in [3.63, 3.8) is 0 Å². The molecule has 0 saturated heterocycles. The van der Waals surface area contributed by atoms with Gasteiger partial charge in [-0.15, -0.1) is 29.3 Å². The Labute approximate surface area is 451 Å². The van der Waals surface area contributed by atoms with Gasteiger partial charge < -0.3 is 5.11 Å². The van der Waals surface area contributed by atoms with Gasteiger partial charge in [-0.3, -0.25) is 9.55 Å². The Hall–Kier alpha value is -5.57. The van der Waals surface area contributed by atoms with E-state index in [2.05, 4.69) is 11.1 Å². The fourth-order valence-corrected chi connectivity index (χ4v) is 7.82. The summed E-state index contributed by atoms with van der Waals surface area (Å²) in [5.41, 5.74) is -13.5. The van der Waals surface area contributed by atoms with Crippen LogP contribution in [0.4, 0.5) is 0 Å². The Kier molecular flexibility index (Phi) is 6.23. The van der Waals surface area contributed by atoms with Crippen LogP contribution in [-0.4, -0.2) is 19.6 Å². The fourth-order valence-electron chi connectivity index (χ4n) is 7.82. The molecule has 0 aliphatic rings. The molecule has 342 valence electrons. The smallest absolute Gasteiger partial charge is 0.148 e. The quantitative estimate of drug-likeness (QED) is 0.162. The number of rotatable bonds is 7. The van der Waals surface area contributed by atoms with E-state index >= 15 is 0 Å². The first-order valence-corrected chi connectivity index (χ1v) is 20.6. The minimum Gasteiger partial charge on any atom is -0.507 e. The number of aromatic hydroxyl groups is 1. The molecule has 4 nitrogen and oxygen atoms in total. The third-order valence-electron chi connectivity index (χ3n) is 11.3. The Morgan fingerprint density at radius 3 is 2.00 bits per heavy atom. The van der Waals surface area contributed by atoms with Gasteiger partial charge in [-0.25, -0.2) is 4.98 Å². The van der Waals surface area contributed by atoms with E-state index in [-0.39, 0.29) is 88.5 Å². The summed E-state index contributed by atoms with van der Waals surface area (Å²) in [5.74, 6) is -5.46. The maximum absolute atomic E-state index is 13.2. The number of pyridine rings is 1. The zero-order valence-corrected chi connectivity index (χ0v) is 39.2. The predicted molar refractivity (Wildman–Crippen MR) is 275 cm³/mol. The summed E-state index contributed by atoms with van der Waals surface area (Å²) in [6.45, 7) is -21.3. The van der Waals surface area contributed by atoms with Gasteiger partial charge >= 0.3 is 0 Å². The third kappa shape index (κ3) is 9.50. The Bertz CT molecular complexity index is 4200. The number of hydrogen-bond donors (Lipinski definition) is 1. The maximum atomic E-state index is 13.2. The van der Waals surface area contributed by atoms with Crippen LogP contribution in [-0.2, 0) is 42.7 Å². The summed E-state index contributed by atoms with van der Waals surface area (Å²) in [4.78, 5) is 9.70. The van der Waals surface area contributed by atoms with Crippen LogP contribution in [0.3, 0.4) is 0 Å². The summed E-state index contributed by atoms with van der Waals surface area (Å²) in [7, 11) is 0. The zero-order valence-electron chi connectivity index (χ0n) is 66.9. The topological polar surface area (TPSA) is 50.9 Å². The van der Waals surface area contributed by atoms with E-state index in [1.165, 1.54) is 72.9 Å². The maximum Gasteiger partial charge on any atom is 0.148 e. The molecule has 0 amide bonds. The average molecular weight is 1080 g/mol. The molecule has 8 rings (SSSR count). The van der Waals surface area contributed by atoms with E-state index in [9.17, 15) is 7.85 Å². The normalized spacial score (nSPS) is 20.8. The summed E-state index contributed by atoms with van der Waals surface area (Å²) in [5, 5.41) is 13.2. The van der Waals surface area contributed by atoms with E-state index in [1.807, 2.05) is 20.8 Å². The number of phenolic OH excluding ortho intramolecular Hbond substituents is 1. The van der Waals surface area contributed by atoms with Gasteiger partial charge in [0.05, 0.1) is 29.1 Å². The molecule has 2 aromatic heterocycles. The minimum absolute atomic E-state index is 0. The second-order valence-corrected chi connectivity index (χ2v) is 18.1. The first kappa shape index (κ1) is 23.0. The van der Waals surface area contributed by atoms with Crippen molar-refractivity contribution in [3.05, 3.63) is 167 Å². The molecule has 8 aromatic rings. The minimum atomic E-state index is -4.33. The third-order valence-corrected chi connectivity index (χ3v) is 11.3. The molecule has 0 fully saturated rings. The molecule has 0 radical (unpaired) electrons. The summed E-state index contributed by atoms with van der Waals surface area (Å²) < 4.78 is 263. The van der Waals surface area contributed by atoms with Crippen molar-refractivity contribution in [2.24, 2.45) is 0 Å². The molecule has 0 bridgehead atoms. The molecule has 0 saturated carbocycles. The summed E-state index contributed by atoms with van der Waals surface area (Å²) >= 11 is 0. The van der Waals surface area contributed by atoms with Crippen molar-refractivity contribution in [2.75, 3.05) is 0 Å². The molecule has 6 aromatic carbocycles. The van der Waals surface area contributed by atoms with Crippen molar-refractivity contribution in [1.82, 2.24) is 14.5 Å². The van der Waals surface area contributed by atoms with Gasteiger partial charge in [0.2, 0.25) is 0 Å². The number of imidazole rings is 1. The fraction of sp³-hybridized carbons (Fsp3) is 0.311. The first-order chi connectivity index (χ1) is 42.9. The van der Waals surface area contributed by atoms with Crippen LogP contribution in [0.5, 0.6) is 5.75 Å². The van der Waals surface area contributed by atoms with Crippen LogP contribution < -0.4 is 0 Å². The molecule has 66 heavy (non-hydrogen) atoms. The molecular formula is C61H66N3OPt-. The molecule has 1 N–H and O–H groups in total. The van der Waals surface area contributed by atoms with Crippen LogP contribution in [0.1, 0.15) is 171 Å². The molecular weight excluding hydrogens is 986 g/mol. The van der Waals surface area contributed by atoms with Crippen molar-refractivity contribution < 1.29 is 67.3 Å². The van der Waals surface area contributed by atoms with Gasteiger partial charge in [0.25, 0.3) is 0 Å². The SMILES string of the molecule is [2H]c1c([2H])c([2H])c(-c2cc(C(C)(C)C)ccc2-n2c(-c3cc(C(C([2H])([2H])[2H])(C([2H])([2H])[2H])C([2H])([2H])[2H])cc(C(C([2H])([2H])[2H])(C([2H])([2H])[2H])C([2H])([2H])[2H])c3O)nc3c(-c4[c-]c(-c5cc(-c6ccccc6C([2H])(C([2H])([2H])[2H])C([2H])([2H])[2H])ccn5)cc(C(C)(C)C)c4)cccc32)c([2H])c1[2H].[Pt]. The van der Waals surface area contributed by atoms with Crippen LogP contribution in [0.15, 0.2) is 133 Å². The number of hydrogen-bond acceptors (Lipinski definition) is 3. The van der Waals surface area contributed by atoms with E-state index in [0.717, 1.165) is 4.57 Å². The number of fused-ring (bicyclic) bond motifs is 1. The largest absolute Gasteiger partial charge is 0.507 e. The standard InChI is InChI=1S/C61H66N3O.Pt/c1-38(2)46-23-18-19-24-47(46)40-29-30-62-52(34-40)42-31-41(32-44(33-42)59(6,7)8)48-25-20-26-54-55(48)63-57(50-36-45(60(9,10)11)37-51(56(50)65)61(12,13)14)64(54)53-28-27-43(58(3,4)5)35-49(53)39-21-16-15-17-22-39;/h15-30,32-38,65H,1-14H3;/q-1;/i1D3,2D3,9D3,10D3,11D3,12D3,13D3,14D3,15D,16D,17D,21D,22D,38D;. The van der Waals surface area contributed by atoms with Crippen LogP contribution in [0, 0.1) is 6.07 Å². The van der Waals surface area contributed by atoms with Crippen molar-refractivity contribution in [1.29, 1.82) is 0 Å². The Morgan fingerprint density at radius 2 is 1.30 bits per heavy atom. The second kappa shape index (κ2) is 17.9. The number of benzene rings is 6. The van der Waals surface area contributed by atoms with Gasteiger partial charge in [0, 0.05) is 78.4 Å². The van der Waals surface area contributed by atoms with Gasteiger partial charge in [0.15, 0.2) is 0 Å². The van der Waals surface area contributed by atoms with Crippen molar-refractivity contribution in [3.8, 4) is 67.5 Å². The van der Waals surface area contributed by atoms with Gasteiger partial charge in [-0.2, -0.15) is 0 Å². The van der Waals surface area contributed by atoms with Crippen LogP contribution in [0.2, 0.25) is 0 Å². The first-order valence-electron chi connectivity index (χ1n) is 35.6. The number of aromatic nitrogens is 3. The van der Waals surface area contributed by atoms with Crippen LogP contribution >= 0.6 is 0 Å².